The number of nitrogens with one attached hydrogen (secondary N) is 1. The number of hydrogen-bond acceptors (Lipinski definition) is 6. The lowest BCUT2D eigenvalue weighted by molar-refractivity contribution is 0.140. The Morgan fingerprint density at radius 2 is 2.00 bits per heavy atom. The monoisotopic (exact) mass is 374 g/mol. The average Bonchev–Trinajstić information content (AvgIpc) is 3.08. The lowest BCUT2D eigenvalue weighted by atomic mass is 10.2. The summed E-state index contributed by atoms with van der Waals surface area (Å²) in [6, 6.07) is 9.25. The highest BCUT2D eigenvalue weighted by Crippen LogP contribution is 2.24. The first-order valence-electron chi connectivity index (χ1n) is 9.07. The summed E-state index contributed by atoms with van der Waals surface area (Å²) >= 11 is 0. The zero-order valence-electron chi connectivity index (χ0n) is 15.8. The number of amides is 2. The number of carbonyl (C=O) groups excluding carboxylic acids is 1. The summed E-state index contributed by atoms with van der Waals surface area (Å²) in [7, 11) is 1.63. The molecule has 8 nitrogen and oxygen atoms in total. The van der Waals surface area contributed by atoms with Gasteiger partial charge in [0.05, 0.1) is 18.0 Å². The molecule has 0 spiro atoms. The quantitative estimate of drug-likeness (QED) is 0.750. The number of para-hydroxylation sites is 2. The predicted octanol–water partition coefficient (Wildman–Crippen LogP) is 2.36. The van der Waals surface area contributed by atoms with Crippen molar-refractivity contribution in [3.8, 4) is 5.75 Å². The maximum Gasteiger partial charge on any atom is 0.322 e. The third-order valence-corrected chi connectivity index (χ3v) is 4.40. The van der Waals surface area contributed by atoms with Crippen LogP contribution in [-0.2, 0) is 11.3 Å². The lowest BCUT2D eigenvalue weighted by Gasteiger charge is -2.34. The van der Waals surface area contributed by atoms with Crippen LogP contribution in [0.5, 0.6) is 5.75 Å². The van der Waals surface area contributed by atoms with Crippen molar-refractivity contribution in [3.63, 3.8) is 0 Å². The van der Waals surface area contributed by atoms with Gasteiger partial charge in [-0.3, -0.25) is 4.90 Å². The third kappa shape index (κ3) is 5.45. The summed E-state index contributed by atoms with van der Waals surface area (Å²) in [4.78, 5) is 16.7. The Bertz CT molecular complexity index is 741. The molecular weight excluding hydrogens is 348 g/mol. The molecule has 0 aliphatic carbocycles. The van der Waals surface area contributed by atoms with Gasteiger partial charge in [-0.25, -0.2) is 4.79 Å². The summed E-state index contributed by atoms with van der Waals surface area (Å²) in [5, 5.41) is 6.98. The van der Waals surface area contributed by atoms with E-state index in [1.54, 1.807) is 7.11 Å². The van der Waals surface area contributed by atoms with E-state index in [1.165, 1.54) is 0 Å². The summed E-state index contributed by atoms with van der Waals surface area (Å²) in [5.74, 6) is 1.46. The molecule has 27 heavy (non-hydrogen) atoms. The number of anilines is 1. The van der Waals surface area contributed by atoms with Crippen LogP contribution in [0.2, 0.25) is 0 Å². The number of hydrogen-bond donors (Lipinski definition) is 1. The van der Waals surface area contributed by atoms with Crippen LogP contribution in [-0.4, -0.2) is 67.5 Å². The molecule has 2 heterocycles. The minimum Gasteiger partial charge on any atom is -0.489 e. The fraction of sp³-hybridized carbons (Fsp3) is 0.474. The molecule has 1 aliphatic rings. The second kappa shape index (κ2) is 9.38. The lowest BCUT2D eigenvalue weighted by Crippen LogP contribution is -2.49. The first kappa shape index (κ1) is 19.2. The molecule has 0 atom stereocenters. The SMILES string of the molecule is COCCOc1ccccc1NC(=O)N1CCN(Cc2cc(C)on2)CC1. The van der Waals surface area contributed by atoms with Crippen LogP contribution < -0.4 is 10.1 Å². The van der Waals surface area contributed by atoms with Crippen molar-refractivity contribution in [2.45, 2.75) is 13.5 Å². The van der Waals surface area contributed by atoms with Gasteiger partial charge in [0, 0.05) is 45.9 Å². The Kier molecular flexibility index (Phi) is 6.67. The van der Waals surface area contributed by atoms with E-state index in [-0.39, 0.29) is 6.03 Å². The molecule has 0 unspecified atom stereocenters. The van der Waals surface area contributed by atoms with Crippen molar-refractivity contribution in [1.82, 2.24) is 15.0 Å². The average molecular weight is 374 g/mol. The fourth-order valence-electron chi connectivity index (χ4n) is 2.96. The van der Waals surface area contributed by atoms with Crippen molar-refractivity contribution in [2.24, 2.45) is 0 Å². The van der Waals surface area contributed by atoms with Gasteiger partial charge >= 0.3 is 6.03 Å². The van der Waals surface area contributed by atoms with Crippen LogP contribution in [0, 0.1) is 6.92 Å². The molecule has 2 aromatic rings. The topological polar surface area (TPSA) is 80.1 Å². The predicted molar refractivity (Wildman–Crippen MR) is 101 cm³/mol. The number of methoxy groups -OCH3 is 1. The number of nitrogens with zero attached hydrogens (tertiary/aromatic N) is 3. The molecule has 146 valence electrons. The van der Waals surface area contributed by atoms with Crippen molar-refractivity contribution in [3.05, 3.63) is 41.8 Å². The van der Waals surface area contributed by atoms with Crippen LogP contribution in [0.4, 0.5) is 10.5 Å². The minimum absolute atomic E-state index is 0.116. The van der Waals surface area contributed by atoms with Gasteiger partial charge in [-0.2, -0.15) is 0 Å². The molecule has 1 aromatic heterocycles. The Hall–Kier alpha value is -2.58. The van der Waals surface area contributed by atoms with Gasteiger partial charge in [-0.1, -0.05) is 17.3 Å². The van der Waals surface area contributed by atoms with Gasteiger partial charge in [0.25, 0.3) is 0 Å². The van der Waals surface area contributed by atoms with E-state index in [2.05, 4.69) is 15.4 Å². The summed E-state index contributed by atoms with van der Waals surface area (Å²) in [5.41, 5.74) is 1.59. The number of aryl methyl sites for hydroxylation is 1. The van der Waals surface area contributed by atoms with E-state index >= 15 is 0 Å². The van der Waals surface area contributed by atoms with Gasteiger partial charge in [0.1, 0.15) is 18.1 Å². The first-order valence-corrected chi connectivity index (χ1v) is 9.07. The Labute approximate surface area is 159 Å². The highest BCUT2D eigenvalue weighted by Gasteiger charge is 2.22. The molecule has 1 saturated heterocycles. The highest BCUT2D eigenvalue weighted by atomic mass is 16.5. The van der Waals surface area contributed by atoms with Crippen molar-refractivity contribution < 1.29 is 18.8 Å². The van der Waals surface area contributed by atoms with Gasteiger partial charge < -0.3 is 24.2 Å². The molecular formula is C19H26N4O4. The first-order chi connectivity index (χ1) is 13.2. The summed E-state index contributed by atoms with van der Waals surface area (Å²) < 4.78 is 15.8. The molecule has 0 saturated carbocycles. The zero-order valence-corrected chi connectivity index (χ0v) is 15.8. The number of benzene rings is 1. The van der Waals surface area contributed by atoms with E-state index in [4.69, 9.17) is 14.0 Å². The molecule has 1 fully saturated rings. The van der Waals surface area contributed by atoms with Crippen LogP contribution >= 0.6 is 0 Å². The molecule has 1 aliphatic heterocycles. The Balaban J connectivity index is 1.49. The molecule has 1 aromatic carbocycles. The molecule has 0 bridgehead atoms. The number of ether oxygens (including phenoxy) is 2. The Morgan fingerprint density at radius 3 is 2.70 bits per heavy atom. The van der Waals surface area contributed by atoms with Gasteiger partial charge in [-0.15, -0.1) is 0 Å². The number of piperazine rings is 1. The van der Waals surface area contributed by atoms with Crippen LogP contribution in [0.15, 0.2) is 34.9 Å². The van der Waals surface area contributed by atoms with Crippen molar-refractivity contribution in [1.29, 1.82) is 0 Å². The van der Waals surface area contributed by atoms with Crippen LogP contribution in [0.1, 0.15) is 11.5 Å². The van der Waals surface area contributed by atoms with Crippen molar-refractivity contribution in [2.75, 3.05) is 51.8 Å². The minimum atomic E-state index is -0.116. The summed E-state index contributed by atoms with van der Waals surface area (Å²) in [6.45, 7) is 6.47. The van der Waals surface area contributed by atoms with E-state index in [0.29, 0.717) is 37.7 Å². The molecule has 1 N–H and O–H groups in total. The van der Waals surface area contributed by atoms with E-state index in [1.807, 2.05) is 42.2 Å². The summed E-state index contributed by atoms with van der Waals surface area (Å²) in [6.07, 6.45) is 0. The second-order valence-corrected chi connectivity index (χ2v) is 6.46. The number of aromatic nitrogens is 1. The van der Waals surface area contributed by atoms with Gasteiger partial charge in [0.2, 0.25) is 0 Å². The Morgan fingerprint density at radius 1 is 1.22 bits per heavy atom. The maximum atomic E-state index is 12.6. The van der Waals surface area contributed by atoms with Crippen LogP contribution in [0.25, 0.3) is 0 Å². The van der Waals surface area contributed by atoms with Gasteiger partial charge in [0.15, 0.2) is 0 Å². The molecule has 8 heteroatoms. The second-order valence-electron chi connectivity index (χ2n) is 6.46. The third-order valence-electron chi connectivity index (χ3n) is 4.40. The van der Waals surface area contributed by atoms with Gasteiger partial charge in [-0.05, 0) is 19.1 Å². The van der Waals surface area contributed by atoms with E-state index in [9.17, 15) is 4.79 Å². The molecule has 2 amide bonds. The largest absolute Gasteiger partial charge is 0.489 e. The molecule has 3 rings (SSSR count). The highest BCUT2D eigenvalue weighted by molar-refractivity contribution is 5.91. The standard InChI is InChI=1S/C19H26N4O4/c1-15-13-16(21-27-15)14-22-7-9-23(10-8-22)19(24)20-17-5-3-4-6-18(17)26-12-11-25-2/h3-6,13H,7-12,14H2,1-2H3,(H,20,24). The fourth-order valence-corrected chi connectivity index (χ4v) is 2.96. The van der Waals surface area contributed by atoms with E-state index < -0.39 is 0 Å². The normalized spacial score (nSPS) is 15.0. The van der Waals surface area contributed by atoms with Crippen LogP contribution in [0.3, 0.4) is 0 Å². The smallest absolute Gasteiger partial charge is 0.322 e. The van der Waals surface area contributed by atoms with Crippen molar-refractivity contribution >= 4 is 11.7 Å². The molecule has 0 radical (unpaired) electrons. The number of urea groups is 1. The number of carbonyl (C=O) groups is 1. The van der Waals surface area contributed by atoms with E-state index in [0.717, 1.165) is 31.1 Å². The maximum absolute atomic E-state index is 12.6. The number of rotatable bonds is 7. The zero-order chi connectivity index (χ0) is 19.1.